The zero-order valence-electron chi connectivity index (χ0n) is 7.89. The Kier molecular flexibility index (Phi) is 2.31. The van der Waals surface area contributed by atoms with E-state index in [-0.39, 0.29) is 0 Å². The van der Waals surface area contributed by atoms with Crippen LogP contribution in [0.15, 0.2) is 0 Å². The molecule has 0 saturated carbocycles. The molecule has 2 heterocycles. The van der Waals surface area contributed by atoms with Gasteiger partial charge in [0.2, 0.25) is 0 Å². The smallest absolute Gasteiger partial charge is 0.407 e. The minimum Gasteiger partial charge on any atom is -0.465 e. The Balaban J connectivity index is 1.98. The molecule has 7 heteroatoms. The number of nitrogens with zero attached hydrogens (tertiary/aromatic N) is 2. The Bertz CT molecular complexity index is 239. The summed E-state index contributed by atoms with van der Waals surface area (Å²) in [7, 11) is 1.76. The highest BCUT2D eigenvalue weighted by Gasteiger charge is 2.45. The number of carboxylic acid groups (broad SMARTS) is 1. The van der Waals surface area contributed by atoms with E-state index in [0.29, 0.717) is 25.9 Å². The summed E-state index contributed by atoms with van der Waals surface area (Å²) in [5.41, 5.74) is 1.83. The first-order chi connectivity index (χ1) is 6.64. The third-order valence-electron chi connectivity index (χ3n) is 2.79. The van der Waals surface area contributed by atoms with Crippen molar-refractivity contribution < 1.29 is 19.7 Å². The normalized spacial score (nSPS) is 27.1. The third-order valence-corrected chi connectivity index (χ3v) is 2.79. The van der Waals surface area contributed by atoms with E-state index in [0.717, 1.165) is 0 Å². The van der Waals surface area contributed by atoms with E-state index < -0.39 is 11.8 Å². The number of amides is 1. The van der Waals surface area contributed by atoms with Crippen molar-refractivity contribution in [1.29, 1.82) is 0 Å². The van der Waals surface area contributed by atoms with E-state index >= 15 is 0 Å². The summed E-state index contributed by atoms with van der Waals surface area (Å²) in [5, 5.41) is 10.3. The van der Waals surface area contributed by atoms with Crippen LogP contribution in [0, 0.1) is 0 Å². The van der Waals surface area contributed by atoms with Crippen LogP contribution in [0.2, 0.25) is 0 Å². The van der Waals surface area contributed by atoms with Gasteiger partial charge in [-0.15, -0.1) is 5.06 Å². The van der Waals surface area contributed by atoms with Gasteiger partial charge < -0.3 is 10.0 Å². The van der Waals surface area contributed by atoms with Crippen molar-refractivity contribution in [3.8, 4) is 0 Å². The Morgan fingerprint density at radius 3 is 2.57 bits per heavy atom. The summed E-state index contributed by atoms with van der Waals surface area (Å²) in [4.78, 5) is 22.2. The van der Waals surface area contributed by atoms with Crippen LogP contribution in [-0.2, 0) is 9.78 Å². The molecule has 2 saturated heterocycles. The first kappa shape index (κ1) is 9.66. The Labute approximate surface area is 81.0 Å². The fourth-order valence-electron chi connectivity index (χ4n) is 1.76. The number of carbonyl (C=O) groups is 1. The van der Waals surface area contributed by atoms with Crippen LogP contribution >= 0.6 is 0 Å². The Morgan fingerprint density at radius 1 is 1.50 bits per heavy atom. The molecule has 0 atom stereocenters. The van der Waals surface area contributed by atoms with Crippen molar-refractivity contribution in [2.45, 2.75) is 18.6 Å². The van der Waals surface area contributed by atoms with Gasteiger partial charge in [-0.05, 0) is 0 Å². The van der Waals surface area contributed by atoms with E-state index in [1.807, 2.05) is 0 Å². The van der Waals surface area contributed by atoms with Crippen molar-refractivity contribution in [1.82, 2.24) is 15.6 Å². The fourth-order valence-corrected chi connectivity index (χ4v) is 1.76. The van der Waals surface area contributed by atoms with Gasteiger partial charge in [0.25, 0.3) is 0 Å². The highest BCUT2D eigenvalue weighted by molar-refractivity contribution is 5.65. The highest BCUT2D eigenvalue weighted by Crippen LogP contribution is 2.31. The Morgan fingerprint density at radius 2 is 2.14 bits per heavy atom. The number of nitrogens with one attached hydrogen (secondary N) is 1. The molecule has 7 nitrogen and oxygen atoms in total. The minimum atomic E-state index is -0.880. The quantitative estimate of drug-likeness (QED) is 0.566. The van der Waals surface area contributed by atoms with E-state index in [4.69, 9.17) is 14.9 Å². The standard InChI is InChI=1S/C7H13N3O4/c1-9-7(13-8-14-9)2-4-10(5-3-7)6(11)12/h8H,2-5H2,1H3,(H,11,12). The van der Waals surface area contributed by atoms with Crippen LogP contribution in [0.5, 0.6) is 0 Å². The van der Waals surface area contributed by atoms with Gasteiger partial charge in [0.15, 0.2) is 5.72 Å². The molecule has 0 aromatic rings. The van der Waals surface area contributed by atoms with E-state index in [1.165, 1.54) is 4.90 Å². The molecule has 0 unspecified atom stereocenters. The monoisotopic (exact) mass is 203 g/mol. The molecule has 2 N–H and O–H groups in total. The van der Waals surface area contributed by atoms with Crippen LogP contribution in [0.25, 0.3) is 0 Å². The van der Waals surface area contributed by atoms with Crippen LogP contribution in [-0.4, -0.2) is 47.0 Å². The van der Waals surface area contributed by atoms with Gasteiger partial charge in [0.05, 0.1) is 0 Å². The first-order valence-corrected chi connectivity index (χ1v) is 4.46. The number of rotatable bonds is 0. The van der Waals surface area contributed by atoms with Crippen molar-refractivity contribution >= 4 is 6.09 Å². The molecule has 80 valence electrons. The highest BCUT2D eigenvalue weighted by atomic mass is 17.1. The second-order valence-electron chi connectivity index (χ2n) is 3.49. The van der Waals surface area contributed by atoms with Gasteiger partial charge in [-0.25, -0.2) is 4.79 Å². The summed E-state index contributed by atoms with van der Waals surface area (Å²) < 4.78 is 0. The summed E-state index contributed by atoms with van der Waals surface area (Å²) in [6.45, 7) is 0.926. The maximum Gasteiger partial charge on any atom is 0.407 e. The number of hydrogen-bond acceptors (Lipinski definition) is 5. The second kappa shape index (κ2) is 3.35. The molecular weight excluding hydrogens is 190 g/mol. The van der Waals surface area contributed by atoms with Crippen LogP contribution in [0.4, 0.5) is 4.79 Å². The minimum absolute atomic E-state index is 0.463. The third kappa shape index (κ3) is 1.44. The maximum atomic E-state index is 10.7. The number of piperidine rings is 1. The topological polar surface area (TPSA) is 74.3 Å². The number of hydrogen-bond donors (Lipinski definition) is 2. The predicted octanol–water partition coefficient (Wildman–Crippen LogP) is -0.230. The van der Waals surface area contributed by atoms with Crippen molar-refractivity contribution in [2.75, 3.05) is 20.1 Å². The molecule has 0 aromatic heterocycles. The summed E-state index contributed by atoms with van der Waals surface area (Å²) >= 11 is 0. The average molecular weight is 203 g/mol. The largest absolute Gasteiger partial charge is 0.465 e. The number of likely N-dealkylation sites (tertiary alicyclic amines) is 1. The molecule has 2 aliphatic heterocycles. The molecule has 0 radical (unpaired) electrons. The molecule has 2 aliphatic rings. The van der Waals surface area contributed by atoms with E-state index in [2.05, 4.69) is 5.64 Å². The zero-order valence-corrected chi connectivity index (χ0v) is 7.89. The summed E-state index contributed by atoms with van der Waals surface area (Å²) in [5.74, 6) is 0. The van der Waals surface area contributed by atoms with Gasteiger partial charge in [0, 0.05) is 33.0 Å². The maximum absolute atomic E-state index is 10.7. The van der Waals surface area contributed by atoms with Crippen molar-refractivity contribution in [3.63, 3.8) is 0 Å². The van der Waals surface area contributed by atoms with Crippen molar-refractivity contribution in [2.24, 2.45) is 0 Å². The van der Waals surface area contributed by atoms with E-state index in [1.54, 1.807) is 12.1 Å². The molecule has 2 rings (SSSR count). The molecule has 0 aromatic carbocycles. The second-order valence-corrected chi connectivity index (χ2v) is 3.49. The molecule has 1 amide bonds. The molecule has 0 bridgehead atoms. The molecule has 1 spiro atoms. The fraction of sp³-hybridized carbons (Fsp3) is 0.857. The molecule has 2 fully saturated rings. The van der Waals surface area contributed by atoms with Gasteiger partial charge in [0.1, 0.15) is 0 Å². The van der Waals surface area contributed by atoms with Crippen LogP contribution in [0.1, 0.15) is 12.8 Å². The van der Waals surface area contributed by atoms with Gasteiger partial charge in [-0.1, -0.05) is 5.64 Å². The predicted molar refractivity (Wildman–Crippen MR) is 44.6 cm³/mol. The molecule has 14 heavy (non-hydrogen) atoms. The first-order valence-electron chi connectivity index (χ1n) is 4.46. The molecular formula is C7H13N3O4. The lowest BCUT2D eigenvalue weighted by Crippen LogP contribution is -2.52. The lowest BCUT2D eigenvalue weighted by molar-refractivity contribution is -0.186. The van der Waals surface area contributed by atoms with Crippen LogP contribution in [0.3, 0.4) is 0 Å². The van der Waals surface area contributed by atoms with Gasteiger partial charge >= 0.3 is 6.09 Å². The van der Waals surface area contributed by atoms with Crippen molar-refractivity contribution in [3.05, 3.63) is 0 Å². The van der Waals surface area contributed by atoms with Gasteiger partial charge in [-0.3, -0.25) is 4.84 Å². The molecule has 0 aliphatic carbocycles. The summed E-state index contributed by atoms with van der Waals surface area (Å²) in [6.07, 6.45) is 0.320. The lowest BCUT2D eigenvalue weighted by Gasteiger charge is -2.37. The average Bonchev–Trinajstić information content (AvgIpc) is 2.49. The zero-order chi connectivity index (χ0) is 10.2. The van der Waals surface area contributed by atoms with Crippen LogP contribution < -0.4 is 5.64 Å². The van der Waals surface area contributed by atoms with Gasteiger partial charge in [-0.2, -0.15) is 4.94 Å². The summed E-state index contributed by atoms with van der Waals surface area (Å²) in [6, 6.07) is 0. The SMILES string of the molecule is CN1ONOC12CCN(C(=O)O)CC2. The Hall–Kier alpha value is -0.890. The lowest BCUT2D eigenvalue weighted by atomic mass is 10.0. The number of hydroxylamine groups is 2. The van der Waals surface area contributed by atoms with E-state index in [9.17, 15) is 4.79 Å².